The summed E-state index contributed by atoms with van der Waals surface area (Å²) in [5.74, 6) is 0. The van der Waals surface area contributed by atoms with Gasteiger partial charge in [0.2, 0.25) is 0 Å². The maximum absolute atomic E-state index is 3.63. The summed E-state index contributed by atoms with van der Waals surface area (Å²) in [4.78, 5) is 0. The molecule has 1 nitrogen and oxygen atoms in total. The van der Waals surface area contributed by atoms with Crippen LogP contribution in [0.5, 0.6) is 0 Å². The van der Waals surface area contributed by atoms with Crippen LogP contribution in [0.4, 0.5) is 0 Å². The molecule has 0 atom stereocenters. The van der Waals surface area contributed by atoms with Gasteiger partial charge in [0.1, 0.15) is 0 Å². The van der Waals surface area contributed by atoms with Crippen molar-refractivity contribution in [3.8, 4) is 0 Å². The highest BCUT2D eigenvalue weighted by molar-refractivity contribution is 9.10. The lowest BCUT2D eigenvalue weighted by Gasteiger charge is -2.56. The van der Waals surface area contributed by atoms with E-state index in [2.05, 4.69) is 52.4 Å². The van der Waals surface area contributed by atoms with Crippen LogP contribution in [0.1, 0.15) is 51.0 Å². The maximum Gasteiger partial charge on any atom is 0.0178 e. The highest BCUT2D eigenvalue weighted by Crippen LogP contribution is 2.62. The third-order valence-electron chi connectivity index (χ3n) is 5.24. The summed E-state index contributed by atoms with van der Waals surface area (Å²) in [6.07, 6.45) is 8.63. The molecule has 0 saturated heterocycles. The normalized spacial score (nSPS) is 23.5. The van der Waals surface area contributed by atoms with Gasteiger partial charge in [0, 0.05) is 16.4 Å². The molecule has 1 N–H and O–H groups in total. The van der Waals surface area contributed by atoms with Crippen molar-refractivity contribution in [2.24, 2.45) is 5.41 Å². The van der Waals surface area contributed by atoms with Crippen LogP contribution < -0.4 is 5.32 Å². The number of nitrogens with one attached hydrogen (secondary N) is 1. The second-order valence-corrected chi connectivity index (χ2v) is 7.55. The zero-order valence-electron chi connectivity index (χ0n) is 11.8. The first kappa shape index (κ1) is 13.6. The monoisotopic (exact) mass is 321 g/mol. The number of hydrogen-bond donors (Lipinski definition) is 1. The zero-order chi connectivity index (χ0) is 13.3. The fraction of sp³-hybridized carbons (Fsp3) is 0.647. The Morgan fingerprint density at radius 1 is 1.21 bits per heavy atom. The summed E-state index contributed by atoms with van der Waals surface area (Å²) in [6, 6.07) is 8.98. The SMILES string of the molecule is CCNCC1(c2cccc(Br)c2)CC2(CCCC2)C1. The molecule has 0 radical (unpaired) electrons. The second-order valence-electron chi connectivity index (χ2n) is 6.63. The van der Waals surface area contributed by atoms with Crippen LogP contribution in [0.2, 0.25) is 0 Å². The molecule has 2 fully saturated rings. The van der Waals surface area contributed by atoms with Crippen LogP contribution in [0.25, 0.3) is 0 Å². The Kier molecular flexibility index (Phi) is 3.74. The first-order valence-electron chi connectivity index (χ1n) is 7.65. The zero-order valence-corrected chi connectivity index (χ0v) is 13.4. The van der Waals surface area contributed by atoms with Gasteiger partial charge in [0.25, 0.3) is 0 Å². The van der Waals surface area contributed by atoms with Crippen molar-refractivity contribution in [3.63, 3.8) is 0 Å². The number of rotatable bonds is 4. The third-order valence-corrected chi connectivity index (χ3v) is 5.73. The van der Waals surface area contributed by atoms with Crippen molar-refractivity contribution in [1.82, 2.24) is 5.32 Å². The van der Waals surface area contributed by atoms with E-state index in [0.29, 0.717) is 10.8 Å². The van der Waals surface area contributed by atoms with Crippen LogP contribution in [0.15, 0.2) is 28.7 Å². The van der Waals surface area contributed by atoms with Gasteiger partial charge < -0.3 is 5.32 Å². The van der Waals surface area contributed by atoms with E-state index < -0.39 is 0 Å². The molecule has 0 aromatic heterocycles. The average molecular weight is 322 g/mol. The summed E-state index contributed by atoms with van der Waals surface area (Å²) in [6.45, 7) is 4.42. The van der Waals surface area contributed by atoms with Gasteiger partial charge in [-0.2, -0.15) is 0 Å². The molecular weight excluding hydrogens is 298 g/mol. The minimum atomic E-state index is 0.393. The van der Waals surface area contributed by atoms with Crippen LogP contribution in [0.3, 0.4) is 0 Å². The highest BCUT2D eigenvalue weighted by Gasteiger charge is 2.55. The maximum atomic E-state index is 3.63. The molecule has 0 unspecified atom stereocenters. The van der Waals surface area contributed by atoms with Crippen LogP contribution in [-0.4, -0.2) is 13.1 Å². The molecule has 1 aromatic carbocycles. The second kappa shape index (κ2) is 5.21. The molecule has 2 saturated carbocycles. The van der Waals surface area contributed by atoms with Crippen molar-refractivity contribution in [2.75, 3.05) is 13.1 Å². The summed E-state index contributed by atoms with van der Waals surface area (Å²) in [5, 5.41) is 3.60. The average Bonchev–Trinajstić information content (AvgIpc) is 2.84. The molecule has 1 aromatic rings. The lowest BCUT2D eigenvalue weighted by molar-refractivity contribution is 0.0273. The first-order chi connectivity index (χ1) is 9.18. The Labute approximate surface area is 125 Å². The fourth-order valence-corrected chi connectivity index (χ4v) is 4.88. The lowest BCUT2D eigenvalue weighted by Crippen LogP contribution is -2.53. The molecule has 2 aliphatic carbocycles. The summed E-state index contributed by atoms with van der Waals surface area (Å²) >= 11 is 3.63. The fourth-order valence-electron chi connectivity index (χ4n) is 4.48. The van der Waals surface area contributed by atoms with Crippen molar-refractivity contribution in [1.29, 1.82) is 0 Å². The molecule has 19 heavy (non-hydrogen) atoms. The number of halogens is 1. The Balaban J connectivity index is 1.82. The summed E-state index contributed by atoms with van der Waals surface area (Å²) in [7, 11) is 0. The van der Waals surface area contributed by atoms with Gasteiger partial charge in [0.05, 0.1) is 0 Å². The van der Waals surface area contributed by atoms with E-state index in [-0.39, 0.29) is 0 Å². The van der Waals surface area contributed by atoms with E-state index in [9.17, 15) is 0 Å². The summed E-state index contributed by atoms with van der Waals surface area (Å²) < 4.78 is 1.22. The van der Waals surface area contributed by atoms with E-state index in [1.165, 1.54) is 48.6 Å². The molecule has 1 spiro atoms. The molecule has 104 valence electrons. The van der Waals surface area contributed by atoms with Crippen molar-refractivity contribution >= 4 is 15.9 Å². The van der Waals surface area contributed by atoms with E-state index in [1.807, 2.05) is 0 Å². The minimum Gasteiger partial charge on any atom is -0.316 e. The van der Waals surface area contributed by atoms with E-state index in [0.717, 1.165) is 13.1 Å². The van der Waals surface area contributed by atoms with E-state index in [1.54, 1.807) is 0 Å². The molecule has 3 rings (SSSR count). The first-order valence-corrected chi connectivity index (χ1v) is 8.44. The third kappa shape index (κ3) is 2.50. The smallest absolute Gasteiger partial charge is 0.0178 e. The molecule has 0 amide bonds. The lowest BCUT2D eigenvalue weighted by atomic mass is 9.49. The predicted molar refractivity (Wildman–Crippen MR) is 84.5 cm³/mol. The van der Waals surface area contributed by atoms with Crippen molar-refractivity contribution < 1.29 is 0 Å². The van der Waals surface area contributed by atoms with Crippen LogP contribution >= 0.6 is 15.9 Å². The molecule has 0 bridgehead atoms. The topological polar surface area (TPSA) is 12.0 Å². The summed E-state index contributed by atoms with van der Waals surface area (Å²) in [5.41, 5.74) is 2.61. The van der Waals surface area contributed by atoms with E-state index in [4.69, 9.17) is 0 Å². The largest absolute Gasteiger partial charge is 0.316 e. The van der Waals surface area contributed by atoms with Crippen LogP contribution in [0, 0.1) is 5.41 Å². The Bertz CT molecular complexity index is 440. The number of benzene rings is 1. The standard InChI is InChI=1S/C17H24BrN/c1-2-19-13-17(14-6-5-7-15(18)10-14)11-16(12-17)8-3-4-9-16/h5-7,10,19H,2-4,8-9,11-13H2,1H3. The minimum absolute atomic E-state index is 0.393. The molecule has 2 aliphatic rings. The highest BCUT2D eigenvalue weighted by atomic mass is 79.9. The number of likely N-dealkylation sites (N-methyl/N-ethyl adjacent to an activating group) is 1. The van der Waals surface area contributed by atoms with Gasteiger partial charge in [-0.3, -0.25) is 0 Å². The Morgan fingerprint density at radius 3 is 2.58 bits per heavy atom. The van der Waals surface area contributed by atoms with Gasteiger partial charge in [-0.1, -0.05) is 47.8 Å². The van der Waals surface area contributed by atoms with Gasteiger partial charge >= 0.3 is 0 Å². The van der Waals surface area contributed by atoms with Gasteiger partial charge in [0.15, 0.2) is 0 Å². The van der Waals surface area contributed by atoms with Crippen molar-refractivity contribution in [3.05, 3.63) is 34.3 Å². The van der Waals surface area contributed by atoms with Gasteiger partial charge in [-0.15, -0.1) is 0 Å². The van der Waals surface area contributed by atoms with E-state index >= 15 is 0 Å². The Morgan fingerprint density at radius 2 is 1.95 bits per heavy atom. The predicted octanol–water partition coefficient (Wildman–Crippen LogP) is 4.65. The molecule has 0 aliphatic heterocycles. The van der Waals surface area contributed by atoms with Crippen LogP contribution in [-0.2, 0) is 5.41 Å². The quantitative estimate of drug-likeness (QED) is 0.851. The van der Waals surface area contributed by atoms with Gasteiger partial charge in [-0.05, 0) is 55.3 Å². The van der Waals surface area contributed by atoms with Crippen molar-refractivity contribution in [2.45, 2.75) is 50.9 Å². The number of hydrogen-bond acceptors (Lipinski definition) is 1. The molecular formula is C17H24BrN. The Hall–Kier alpha value is -0.340. The molecule has 0 heterocycles. The molecule has 2 heteroatoms. The van der Waals surface area contributed by atoms with Gasteiger partial charge in [-0.25, -0.2) is 0 Å².